The first-order valence-corrected chi connectivity index (χ1v) is 4.70. The van der Waals surface area contributed by atoms with E-state index in [1.165, 1.54) is 5.56 Å². The molecular formula is C10H14N2O. The largest absolute Gasteiger partial charge is 0.325 e. The molecule has 1 unspecified atom stereocenters. The lowest BCUT2D eigenvalue weighted by Gasteiger charge is -2.10. The molecule has 2 rings (SSSR count). The fourth-order valence-electron chi connectivity index (χ4n) is 1.82. The minimum absolute atomic E-state index is 0.00495. The number of aromatic nitrogens is 1. The Morgan fingerprint density at radius 1 is 1.46 bits per heavy atom. The first kappa shape index (κ1) is 8.51. The number of H-pyrrole nitrogens is 1. The Morgan fingerprint density at radius 2 is 2.31 bits per heavy atom. The molecule has 1 aliphatic rings. The molecule has 0 fully saturated rings. The Balaban J connectivity index is 2.48. The lowest BCUT2D eigenvalue weighted by molar-refractivity contribution is 0.629. The number of pyridine rings is 1. The Labute approximate surface area is 77.2 Å². The number of nitrogens with one attached hydrogen (secondary N) is 2. The Hall–Kier alpha value is -1.09. The van der Waals surface area contributed by atoms with Crippen LogP contribution >= 0.6 is 0 Å². The molecule has 0 amide bonds. The van der Waals surface area contributed by atoms with Crippen LogP contribution < -0.4 is 10.9 Å². The summed E-state index contributed by atoms with van der Waals surface area (Å²) in [5.41, 5.74) is 2.33. The summed E-state index contributed by atoms with van der Waals surface area (Å²) in [6.45, 7) is 4.01. The highest BCUT2D eigenvalue weighted by Crippen LogP contribution is 2.22. The molecule has 2 heterocycles. The van der Waals surface area contributed by atoms with E-state index in [2.05, 4.69) is 17.2 Å². The Kier molecular flexibility index (Phi) is 2.19. The van der Waals surface area contributed by atoms with Gasteiger partial charge in [0.05, 0.1) is 0 Å². The van der Waals surface area contributed by atoms with Gasteiger partial charge in [0, 0.05) is 18.3 Å². The summed E-state index contributed by atoms with van der Waals surface area (Å²) in [6, 6.07) is 3.56. The molecule has 1 aromatic rings. The van der Waals surface area contributed by atoms with Gasteiger partial charge in [0.1, 0.15) is 0 Å². The minimum Gasteiger partial charge on any atom is -0.325 e. The van der Waals surface area contributed by atoms with E-state index in [1.807, 2.05) is 6.07 Å². The van der Waals surface area contributed by atoms with Crippen molar-refractivity contribution in [3.8, 4) is 0 Å². The lowest BCUT2D eigenvalue weighted by atomic mass is 9.98. The maximum atomic E-state index is 11.1. The summed E-state index contributed by atoms with van der Waals surface area (Å²) in [7, 11) is 0. The SMILES string of the molecule is CC1CCNCc2[nH]c(=O)ccc21. The highest BCUT2D eigenvalue weighted by atomic mass is 16.1. The third kappa shape index (κ3) is 1.65. The van der Waals surface area contributed by atoms with Crippen molar-refractivity contribution in [3.63, 3.8) is 0 Å². The van der Waals surface area contributed by atoms with Crippen molar-refractivity contribution in [3.05, 3.63) is 33.7 Å². The summed E-state index contributed by atoms with van der Waals surface area (Å²) in [5.74, 6) is 0.543. The van der Waals surface area contributed by atoms with Crippen LogP contribution in [-0.2, 0) is 6.54 Å². The van der Waals surface area contributed by atoms with Gasteiger partial charge < -0.3 is 10.3 Å². The van der Waals surface area contributed by atoms with Crippen LogP contribution in [-0.4, -0.2) is 11.5 Å². The van der Waals surface area contributed by atoms with Crippen molar-refractivity contribution in [2.45, 2.75) is 25.8 Å². The van der Waals surface area contributed by atoms with E-state index in [-0.39, 0.29) is 5.56 Å². The standard InChI is InChI=1S/C10H14N2O/c1-7-4-5-11-6-9-8(7)2-3-10(13)12-9/h2-3,7,11H,4-6H2,1H3,(H,12,13). The van der Waals surface area contributed by atoms with Crippen molar-refractivity contribution in [2.75, 3.05) is 6.54 Å². The van der Waals surface area contributed by atoms with Crippen LogP contribution in [0, 0.1) is 0 Å². The number of fused-ring (bicyclic) bond motifs is 1. The van der Waals surface area contributed by atoms with E-state index in [0.717, 1.165) is 25.2 Å². The van der Waals surface area contributed by atoms with E-state index < -0.39 is 0 Å². The second-order valence-corrected chi connectivity index (χ2v) is 3.62. The first-order chi connectivity index (χ1) is 6.27. The molecule has 0 bridgehead atoms. The second kappa shape index (κ2) is 3.34. The van der Waals surface area contributed by atoms with Crippen molar-refractivity contribution >= 4 is 0 Å². The van der Waals surface area contributed by atoms with Gasteiger partial charge in [0.15, 0.2) is 0 Å². The summed E-state index contributed by atoms with van der Waals surface area (Å²) in [4.78, 5) is 14.0. The smallest absolute Gasteiger partial charge is 0.248 e. The summed E-state index contributed by atoms with van der Waals surface area (Å²) < 4.78 is 0. The average molecular weight is 178 g/mol. The molecule has 13 heavy (non-hydrogen) atoms. The van der Waals surface area contributed by atoms with Gasteiger partial charge in [-0.25, -0.2) is 0 Å². The van der Waals surface area contributed by atoms with Crippen LogP contribution in [0.25, 0.3) is 0 Å². The maximum Gasteiger partial charge on any atom is 0.248 e. The van der Waals surface area contributed by atoms with Crippen molar-refractivity contribution in [1.29, 1.82) is 0 Å². The van der Waals surface area contributed by atoms with Gasteiger partial charge in [-0.05, 0) is 24.4 Å². The van der Waals surface area contributed by atoms with Gasteiger partial charge in [0.25, 0.3) is 0 Å². The zero-order valence-corrected chi connectivity index (χ0v) is 7.76. The third-order valence-corrected chi connectivity index (χ3v) is 2.62. The van der Waals surface area contributed by atoms with Crippen LogP contribution in [0.4, 0.5) is 0 Å². The van der Waals surface area contributed by atoms with Gasteiger partial charge >= 0.3 is 0 Å². The van der Waals surface area contributed by atoms with Crippen LogP contribution in [0.3, 0.4) is 0 Å². The highest BCUT2D eigenvalue weighted by Gasteiger charge is 2.14. The number of hydrogen-bond acceptors (Lipinski definition) is 2. The zero-order chi connectivity index (χ0) is 9.26. The van der Waals surface area contributed by atoms with Gasteiger partial charge in [-0.1, -0.05) is 13.0 Å². The fourth-order valence-corrected chi connectivity index (χ4v) is 1.82. The molecular weight excluding hydrogens is 164 g/mol. The lowest BCUT2D eigenvalue weighted by Crippen LogP contribution is -2.16. The van der Waals surface area contributed by atoms with Gasteiger partial charge in [-0.2, -0.15) is 0 Å². The molecule has 0 saturated carbocycles. The molecule has 0 radical (unpaired) electrons. The summed E-state index contributed by atoms with van der Waals surface area (Å²) >= 11 is 0. The van der Waals surface area contributed by atoms with E-state index in [9.17, 15) is 4.79 Å². The van der Waals surface area contributed by atoms with Crippen LogP contribution in [0.5, 0.6) is 0 Å². The molecule has 1 aromatic heterocycles. The molecule has 3 nitrogen and oxygen atoms in total. The molecule has 0 aliphatic carbocycles. The van der Waals surface area contributed by atoms with E-state index >= 15 is 0 Å². The zero-order valence-electron chi connectivity index (χ0n) is 7.76. The predicted molar refractivity (Wildman–Crippen MR) is 51.8 cm³/mol. The van der Waals surface area contributed by atoms with Gasteiger partial charge in [-0.3, -0.25) is 4.79 Å². The summed E-state index contributed by atoms with van der Waals surface area (Å²) in [5, 5.41) is 3.29. The van der Waals surface area contributed by atoms with Crippen molar-refractivity contribution < 1.29 is 0 Å². The normalized spacial score (nSPS) is 22.1. The quantitative estimate of drug-likeness (QED) is 0.621. The maximum absolute atomic E-state index is 11.1. The number of hydrogen-bond donors (Lipinski definition) is 2. The molecule has 1 atom stereocenters. The van der Waals surface area contributed by atoms with Crippen LogP contribution in [0.15, 0.2) is 16.9 Å². The van der Waals surface area contributed by atoms with Crippen molar-refractivity contribution in [1.82, 2.24) is 10.3 Å². The topological polar surface area (TPSA) is 44.9 Å². The molecule has 3 heteroatoms. The van der Waals surface area contributed by atoms with E-state index in [1.54, 1.807) is 6.07 Å². The monoisotopic (exact) mass is 178 g/mol. The molecule has 0 saturated heterocycles. The third-order valence-electron chi connectivity index (χ3n) is 2.62. The van der Waals surface area contributed by atoms with Gasteiger partial charge in [-0.15, -0.1) is 0 Å². The van der Waals surface area contributed by atoms with E-state index in [4.69, 9.17) is 0 Å². The molecule has 2 N–H and O–H groups in total. The van der Waals surface area contributed by atoms with E-state index in [0.29, 0.717) is 5.92 Å². The second-order valence-electron chi connectivity index (χ2n) is 3.62. The van der Waals surface area contributed by atoms with Crippen molar-refractivity contribution in [2.24, 2.45) is 0 Å². The first-order valence-electron chi connectivity index (χ1n) is 4.70. The average Bonchev–Trinajstić information content (AvgIpc) is 2.28. The summed E-state index contributed by atoms with van der Waals surface area (Å²) in [6.07, 6.45) is 1.14. The highest BCUT2D eigenvalue weighted by molar-refractivity contribution is 5.24. The Morgan fingerprint density at radius 3 is 3.15 bits per heavy atom. The predicted octanol–water partition coefficient (Wildman–Crippen LogP) is 0.972. The number of aromatic amines is 1. The molecule has 0 aromatic carbocycles. The minimum atomic E-state index is -0.00495. The van der Waals surface area contributed by atoms with Gasteiger partial charge in [0.2, 0.25) is 5.56 Å². The molecule has 70 valence electrons. The fraction of sp³-hybridized carbons (Fsp3) is 0.500. The van der Waals surface area contributed by atoms with Crippen LogP contribution in [0.2, 0.25) is 0 Å². The Bertz CT molecular complexity index is 356. The number of rotatable bonds is 0. The molecule has 0 spiro atoms. The molecule has 1 aliphatic heterocycles. The van der Waals surface area contributed by atoms with Crippen LogP contribution in [0.1, 0.15) is 30.5 Å².